The molecular weight excluding hydrogens is 218 g/mol. The van der Waals surface area contributed by atoms with Crippen LogP contribution < -0.4 is 5.73 Å². The van der Waals surface area contributed by atoms with Crippen LogP contribution in [0.2, 0.25) is 0 Å². The highest BCUT2D eigenvalue weighted by Gasteiger charge is 2.29. The highest BCUT2D eigenvalue weighted by molar-refractivity contribution is 5.79. The van der Waals surface area contributed by atoms with E-state index in [1.807, 2.05) is 4.90 Å². The van der Waals surface area contributed by atoms with Crippen molar-refractivity contribution < 1.29 is 9.53 Å². The van der Waals surface area contributed by atoms with Gasteiger partial charge in [-0.2, -0.15) is 0 Å². The van der Waals surface area contributed by atoms with Crippen molar-refractivity contribution in [3.05, 3.63) is 0 Å². The lowest BCUT2D eigenvalue weighted by Gasteiger charge is -2.38. The van der Waals surface area contributed by atoms with E-state index < -0.39 is 0 Å². The van der Waals surface area contributed by atoms with Crippen molar-refractivity contribution in [2.45, 2.75) is 31.9 Å². The summed E-state index contributed by atoms with van der Waals surface area (Å²) < 4.78 is 5.57. The van der Waals surface area contributed by atoms with Gasteiger partial charge in [0.25, 0.3) is 0 Å². The smallest absolute Gasteiger partial charge is 0.236 e. The standard InChI is InChI=1S/C12H23N3O2/c1-10(7-13)14-4-5-15(12(16)9-14)8-11-3-2-6-17-11/h10-11H,2-9,13H2,1H3. The van der Waals surface area contributed by atoms with Crippen LogP contribution >= 0.6 is 0 Å². The first-order valence-electron chi connectivity index (χ1n) is 6.54. The summed E-state index contributed by atoms with van der Waals surface area (Å²) in [5, 5.41) is 0. The van der Waals surface area contributed by atoms with E-state index in [-0.39, 0.29) is 12.0 Å². The third kappa shape index (κ3) is 3.18. The summed E-state index contributed by atoms with van der Waals surface area (Å²) in [6, 6.07) is 0.295. The molecule has 0 bridgehead atoms. The SMILES string of the molecule is CC(CN)N1CCN(CC2CCCO2)C(=O)C1. The maximum absolute atomic E-state index is 12.0. The van der Waals surface area contributed by atoms with E-state index in [1.54, 1.807) is 0 Å². The number of hydrogen-bond donors (Lipinski definition) is 1. The van der Waals surface area contributed by atoms with Crippen LogP contribution in [0.15, 0.2) is 0 Å². The summed E-state index contributed by atoms with van der Waals surface area (Å²) in [6.07, 6.45) is 2.48. The zero-order valence-corrected chi connectivity index (χ0v) is 10.6. The molecule has 2 fully saturated rings. The Labute approximate surface area is 103 Å². The summed E-state index contributed by atoms with van der Waals surface area (Å²) in [5.41, 5.74) is 5.63. The van der Waals surface area contributed by atoms with E-state index in [1.165, 1.54) is 0 Å². The van der Waals surface area contributed by atoms with Gasteiger partial charge in [0.15, 0.2) is 0 Å². The fourth-order valence-electron chi connectivity index (χ4n) is 2.48. The number of nitrogens with two attached hydrogens (primary N) is 1. The largest absolute Gasteiger partial charge is 0.376 e. The van der Waals surface area contributed by atoms with Gasteiger partial charge in [-0.05, 0) is 19.8 Å². The Bertz CT molecular complexity index is 266. The van der Waals surface area contributed by atoms with Crippen LogP contribution in [0, 0.1) is 0 Å². The summed E-state index contributed by atoms with van der Waals surface area (Å²) in [5.74, 6) is 0.215. The molecule has 5 heteroatoms. The molecule has 0 saturated carbocycles. The number of hydrogen-bond acceptors (Lipinski definition) is 4. The summed E-state index contributed by atoms with van der Waals surface area (Å²) >= 11 is 0. The van der Waals surface area contributed by atoms with Crippen LogP contribution in [0.3, 0.4) is 0 Å². The zero-order valence-electron chi connectivity index (χ0n) is 10.6. The average molecular weight is 241 g/mol. The minimum absolute atomic E-state index is 0.215. The van der Waals surface area contributed by atoms with Crippen molar-refractivity contribution in [3.8, 4) is 0 Å². The lowest BCUT2D eigenvalue weighted by molar-refractivity contribution is -0.138. The molecule has 0 aliphatic carbocycles. The number of nitrogens with zero attached hydrogens (tertiary/aromatic N) is 2. The second-order valence-electron chi connectivity index (χ2n) is 5.03. The number of rotatable bonds is 4. The number of carbonyl (C=O) groups is 1. The summed E-state index contributed by atoms with van der Waals surface area (Å²) in [6.45, 7) is 6.54. The van der Waals surface area contributed by atoms with E-state index in [2.05, 4.69) is 11.8 Å². The molecule has 0 aromatic carbocycles. The van der Waals surface area contributed by atoms with Crippen molar-refractivity contribution in [1.82, 2.24) is 9.80 Å². The quantitative estimate of drug-likeness (QED) is 0.731. The van der Waals surface area contributed by atoms with Crippen LogP contribution in [-0.2, 0) is 9.53 Å². The summed E-state index contributed by atoms with van der Waals surface area (Å²) in [7, 11) is 0. The van der Waals surface area contributed by atoms with Crippen LogP contribution in [-0.4, -0.2) is 67.2 Å². The van der Waals surface area contributed by atoms with Crippen molar-refractivity contribution >= 4 is 5.91 Å². The van der Waals surface area contributed by atoms with E-state index in [4.69, 9.17) is 10.5 Å². The molecule has 2 aliphatic heterocycles. The van der Waals surface area contributed by atoms with Crippen molar-refractivity contribution in [3.63, 3.8) is 0 Å². The monoisotopic (exact) mass is 241 g/mol. The van der Waals surface area contributed by atoms with Crippen molar-refractivity contribution in [2.75, 3.05) is 39.3 Å². The molecule has 0 aromatic heterocycles. The van der Waals surface area contributed by atoms with Crippen molar-refractivity contribution in [1.29, 1.82) is 0 Å². The minimum atomic E-state index is 0.215. The predicted octanol–water partition coefficient (Wildman–Crippen LogP) is -0.343. The Morgan fingerprint density at radius 2 is 2.35 bits per heavy atom. The molecule has 2 N–H and O–H groups in total. The number of amides is 1. The molecule has 0 spiro atoms. The molecule has 2 saturated heterocycles. The van der Waals surface area contributed by atoms with Gasteiger partial charge >= 0.3 is 0 Å². The molecule has 98 valence electrons. The average Bonchev–Trinajstić information content (AvgIpc) is 2.83. The number of carbonyl (C=O) groups excluding carboxylic acids is 1. The van der Waals surface area contributed by atoms with Gasteiger partial charge in [0.2, 0.25) is 5.91 Å². The normalized spacial score (nSPS) is 28.7. The van der Waals surface area contributed by atoms with Crippen LogP contribution in [0.5, 0.6) is 0 Å². The van der Waals surface area contributed by atoms with Gasteiger partial charge in [-0.3, -0.25) is 9.69 Å². The van der Waals surface area contributed by atoms with Crippen LogP contribution in [0.1, 0.15) is 19.8 Å². The summed E-state index contributed by atoms with van der Waals surface area (Å²) in [4.78, 5) is 16.1. The van der Waals surface area contributed by atoms with E-state index in [9.17, 15) is 4.79 Å². The molecule has 1 amide bonds. The highest BCUT2D eigenvalue weighted by Crippen LogP contribution is 2.15. The molecule has 2 rings (SSSR count). The molecule has 0 radical (unpaired) electrons. The van der Waals surface area contributed by atoms with Gasteiger partial charge in [-0.15, -0.1) is 0 Å². The molecule has 2 aliphatic rings. The van der Waals surface area contributed by atoms with Gasteiger partial charge in [-0.1, -0.05) is 0 Å². The van der Waals surface area contributed by atoms with Gasteiger partial charge in [0.1, 0.15) is 0 Å². The third-order valence-electron chi connectivity index (χ3n) is 3.76. The molecule has 5 nitrogen and oxygen atoms in total. The van der Waals surface area contributed by atoms with E-state index >= 15 is 0 Å². The first-order valence-corrected chi connectivity index (χ1v) is 6.54. The third-order valence-corrected chi connectivity index (χ3v) is 3.76. The van der Waals surface area contributed by atoms with Gasteiger partial charge in [0.05, 0.1) is 12.6 Å². The van der Waals surface area contributed by atoms with Crippen LogP contribution in [0.4, 0.5) is 0 Å². The van der Waals surface area contributed by atoms with Crippen LogP contribution in [0.25, 0.3) is 0 Å². The Hall–Kier alpha value is -0.650. The lowest BCUT2D eigenvalue weighted by atomic mass is 10.2. The van der Waals surface area contributed by atoms with Crippen molar-refractivity contribution in [2.24, 2.45) is 5.73 Å². The van der Waals surface area contributed by atoms with E-state index in [0.717, 1.165) is 39.1 Å². The first-order chi connectivity index (χ1) is 8.20. The molecule has 17 heavy (non-hydrogen) atoms. The van der Waals surface area contributed by atoms with E-state index in [0.29, 0.717) is 19.1 Å². The highest BCUT2D eigenvalue weighted by atomic mass is 16.5. The Morgan fingerprint density at radius 1 is 1.53 bits per heavy atom. The topological polar surface area (TPSA) is 58.8 Å². The second kappa shape index (κ2) is 5.80. The van der Waals surface area contributed by atoms with Gasteiger partial charge in [-0.25, -0.2) is 0 Å². The fourth-order valence-corrected chi connectivity index (χ4v) is 2.48. The minimum Gasteiger partial charge on any atom is -0.376 e. The van der Waals surface area contributed by atoms with Gasteiger partial charge < -0.3 is 15.4 Å². The maximum Gasteiger partial charge on any atom is 0.236 e. The second-order valence-corrected chi connectivity index (χ2v) is 5.03. The molecule has 2 atom stereocenters. The Balaban J connectivity index is 1.81. The zero-order chi connectivity index (χ0) is 12.3. The Morgan fingerprint density at radius 3 is 2.94 bits per heavy atom. The number of ether oxygens (including phenoxy) is 1. The number of piperazine rings is 1. The van der Waals surface area contributed by atoms with Gasteiger partial charge in [0, 0.05) is 38.8 Å². The molecule has 0 aromatic rings. The Kier molecular flexibility index (Phi) is 4.36. The fraction of sp³-hybridized carbons (Fsp3) is 0.917. The first kappa shape index (κ1) is 12.8. The lowest BCUT2D eigenvalue weighted by Crippen LogP contribution is -2.55. The molecule has 2 unspecified atom stereocenters. The molecular formula is C12H23N3O2. The maximum atomic E-state index is 12.0. The predicted molar refractivity (Wildman–Crippen MR) is 65.6 cm³/mol. The molecule has 2 heterocycles.